The molecule has 0 saturated heterocycles. The monoisotopic (exact) mass is 712 g/mol. The molecule has 2 nitrogen and oxygen atoms in total. The number of rotatable bonds is 13. The standard InChI is InChI=1S/C53H48N2/c1-3-43(25-24-42(2)54(49-16-8-4-9-17-49)50-18-10-5-11-19-50)26-27-44-30-36-47(37-31-44)48-38-32-45(33-39-48)28-29-46-34-40-53(41-35-46)55(51-20-12-6-13-21-51)52-22-14-7-15-23-52/h3-6,8-12,14,16-20,22-41H,2,7,13,15,21H2,1H3/b25-24-,27-26+,29-28+,43-3+. The van der Waals surface area contributed by atoms with Gasteiger partial charge in [0.1, 0.15) is 0 Å². The highest BCUT2D eigenvalue weighted by atomic mass is 15.2. The molecular weight excluding hydrogens is 665 g/mol. The molecule has 0 aromatic heterocycles. The van der Waals surface area contributed by atoms with Crippen molar-refractivity contribution in [3.63, 3.8) is 0 Å². The van der Waals surface area contributed by atoms with Gasteiger partial charge in [0.15, 0.2) is 0 Å². The van der Waals surface area contributed by atoms with Crippen molar-refractivity contribution in [2.75, 3.05) is 9.80 Å². The second kappa shape index (κ2) is 18.4. The first-order valence-corrected chi connectivity index (χ1v) is 19.3. The summed E-state index contributed by atoms with van der Waals surface area (Å²) in [5, 5.41) is 0. The molecule has 5 aromatic rings. The van der Waals surface area contributed by atoms with E-state index in [0.29, 0.717) is 0 Å². The minimum Gasteiger partial charge on any atom is -0.315 e. The molecule has 0 heterocycles. The largest absolute Gasteiger partial charge is 0.315 e. The molecule has 0 radical (unpaired) electrons. The van der Waals surface area contributed by atoms with E-state index in [1.165, 1.54) is 39.3 Å². The van der Waals surface area contributed by atoms with Crippen LogP contribution in [0.1, 0.15) is 49.3 Å². The van der Waals surface area contributed by atoms with E-state index in [9.17, 15) is 0 Å². The number of nitrogens with zero attached hydrogens (tertiary/aromatic N) is 2. The maximum absolute atomic E-state index is 4.41. The summed E-state index contributed by atoms with van der Waals surface area (Å²) in [6.07, 6.45) is 32.9. The molecule has 5 aromatic carbocycles. The summed E-state index contributed by atoms with van der Waals surface area (Å²) in [5.41, 5.74) is 13.9. The van der Waals surface area contributed by atoms with Crippen LogP contribution in [0.5, 0.6) is 0 Å². The van der Waals surface area contributed by atoms with Crippen LogP contribution < -0.4 is 9.80 Å². The van der Waals surface area contributed by atoms with E-state index in [1.807, 2.05) is 12.1 Å². The zero-order valence-corrected chi connectivity index (χ0v) is 31.6. The number of allylic oxidation sites excluding steroid dienone is 12. The number of hydrogen-bond acceptors (Lipinski definition) is 2. The Balaban J connectivity index is 0.966. The van der Waals surface area contributed by atoms with Crippen LogP contribution in [0.4, 0.5) is 17.1 Å². The molecule has 0 atom stereocenters. The third-order valence-corrected chi connectivity index (χ3v) is 9.87. The van der Waals surface area contributed by atoms with Gasteiger partial charge in [0.05, 0.1) is 0 Å². The van der Waals surface area contributed by atoms with Crippen molar-refractivity contribution in [2.45, 2.75) is 32.6 Å². The Bertz CT molecular complexity index is 2250. The summed E-state index contributed by atoms with van der Waals surface area (Å²) in [6, 6.07) is 47.1. The average Bonchev–Trinajstić information content (AvgIpc) is 3.25. The van der Waals surface area contributed by atoms with Gasteiger partial charge in [-0.2, -0.15) is 0 Å². The molecule has 55 heavy (non-hydrogen) atoms. The molecule has 0 bridgehead atoms. The zero-order valence-electron chi connectivity index (χ0n) is 31.6. The molecule has 7 rings (SSSR count). The van der Waals surface area contributed by atoms with Crippen LogP contribution >= 0.6 is 0 Å². The van der Waals surface area contributed by atoms with Crippen LogP contribution in [0.3, 0.4) is 0 Å². The Morgan fingerprint density at radius 1 is 0.564 bits per heavy atom. The molecule has 2 aliphatic rings. The molecular formula is C53H48N2. The fraction of sp³-hybridized carbons (Fsp3) is 0.0943. The first kappa shape index (κ1) is 36.7. The normalized spacial score (nSPS) is 14.4. The maximum atomic E-state index is 4.41. The van der Waals surface area contributed by atoms with Crippen molar-refractivity contribution >= 4 is 35.3 Å². The van der Waals surface area contributed by atoms with Crippen LogP contribution in [-0.4, -0.2) is 0 Å². The highest BCUT2D eigenvalue weighted by Crippen LogP contribution is 2.32. The van der Waals surface area contributed by atoms with Gasteiger partial charge in [-0.05, 0) is 121 Å². The fourth-order valence-corrected chi connectivity index (χ4v) is 6.86. The molecule has 0 fully saturated rings. The lowest BCUT2D eigenvalue weighted by Crippen LogP contribution is -2.22. The van der Waals surface area contributed by atoms with Crippen LogP contribution in [0, 0.1) is 0 Å². The summed E-state index contributed by atoms with van der Waals surface area (Å²) < 4.78 is 0. The lowest BCUT2D eigenvalue weighted by atomic mass is 10.0. The quantitative estimate of drug-likeness (QED) is 0.0886. The first-order chi connectivity index (χ1) is 27.1. The number of anilines is 3. The smallest absolute Gasteiger partial charge is 0.0461 e. The molecule has 2 heteroatoms. The topological polar surface area (TPSA) is 6.48 Å². The minimum absolute atomic E-state index is 0.892. The van der Waals surface area contributed by atoms with Gasteiger partial charge in [-0.1, -0.05) is 164 Å². The van der Waals surface area contributed by atoms with E-state index in [-0.39, 0.29) is 0 Å². The van der Waals surface area contributed by atoms with Gasteiger partial charge in [0.2, 0.25) is 0 Å². The molecule has 0 unspecified atom stereocenters. The second-order valence-electron chi connectivity index (χ2n) is 13.7. The van der Waals surface area contributed by atoms with Gasteiger partial charge < -0.3 is 9.80 Å². The van der Waals surface area contributed by atoms with E-state index in [0.717, 1.165) is 53.9 Å². The van der Waals surface area contributed by atoms with Gasteiger partial charge in [-0.15, -0.1) is 0 Å². The average molecular weight is 713 g/mol. The van der Waals surface area contributed by atoms with E-state index in [4.69, 9.17) is 0 Å². The Kier molecular flexibility index (Phi) is 12.3. The van der Waals surface area contributed by atoms with Crippen molar-refractivity contribution in [3.05, 3.63) is 240 Å². The van der Waals surface area contributed by atoms with Crippen LogP contribution in [-0.2, 0) is 0 Å². The predicted octanol–water partition coefficient (Wildman–Crippen LogP) is 14.7. The lowest BCUT2D eigenvalue weighted by molar-refractivity contribution is 0.887. The lowest BCUT2D eigenvalue weighted by Gasteiger charge is -2.30. The van der Waals surface area contributed by atoms with Gasteiger partial charge in [0.25, 0.3) is 0 Å². The van der Waals surface area contributed by atoms with Crippen molar-refractivity contribution in [1.29, 1.82) is 0 Å². The SMILES string of the molecule is C=C(\C=C/C(=C\C)/C=C/c1ccc(-c2ccc(/C=C/c3ccc(N(C4=CCCC=C4)C4=CC=CCC4)cc3)cc2)cc1)N(c1ccccc1)c1ccccc1. The molecule has 2 aliphatic carbocycles. The molecule has 0 N–H and O–H groups in total. The molecule has 0 aliphatic heterocycles. The van der Waals surface area contributed by atoms with Gasteiger partial charge in [-0.3, -0.25) is 0 Å². The molecule has 0 saturated carbocycles. The third kappa shape index (κ3) is 9.67. The van der Waals surface area contributed by atoms with Gasteiger partial charge in [-0.25, -0.2) is 0 Å². The first-order valence-electron chi connectivity index (χ1n) is 19.3. The summed E-state index contributed by atoms with van der Waals surface area (Å²) in [6.45, 7) is 6.47. The Hall–Kier alpha value is -6.64. The minimum atomic E-state index is 0.892. The second-order valence-corrected chi connectivity index (χ2v) is 13.7. The maximum Gasteiger partial charge on any atom is 0.0461 e. The molecule has 0 spiro atoms. The molecule has 270 valence electrons. The molecule has 0 amide bonds. The predicted molar refractivity (Wildman–Crippen MR) is 239 cm³/mol. The summed E-state index contributed by atoms with van der Waals surface area (Å²) in [5.74, 6) is 0. The van der Waals surface area contributed by atoms with Gasteiger partial charge >= 0.3 is 0 Å². The third-order valence-electron chi connectivity index (χ3n) is 9.87. The van der Waals surface area contributed by atoms with Crippen molar-refractivity contribution < 1.29 is 0 Å². The number of hydrogen-bond donors (Lipinski definition) is 0. The van der Waals surface area contributed by atoms with E-state index in [2.05, 4.69) is 224 Å². The number of para-hydroxylation sites is 2. The van der Waals surface area contributed by atoms with Crippen molar-refractivity contribution in [3.8, 4) is 11.1 Å². The Labute approximate surface area is 327 Å². The van der Waals surface area contributed by atoms with E-state index < -0.39 is 0 Å². The van der Waals surface area contributed by atoms with Crippen LogP contribution in [0.15, 0.2) is 223 Å². The summed E-state index contributed by atoms with van der Waals surface area (Å²) in [7, 11) is 0. The summed E-state index contributed by atoms with van der Waals surface area (Å²) >= 11 is 0. The van der Waals surface area contributed by atoms with Gasteiger partial charge in [0, 0.05) is 34.2 Å². The fourth-order valence-electron chi connectivity index (χ4n) is 6.86. The van der Waals surface area contributed by atoms with Crippen LogP contribution in [0.2, 0.25) is 0 Å². The Morgan fingerprint density at radius 3 is 1.67 bits per heavy atom. The van der Waals surface area contributed by atoms with E-state index >= 15 is 0 Å². The summed E-state index contributed by atoms with van der Waals surface area (Å²) in [4.78, 5) is 4.58. The van der Waals surface area contributed by atoms with Crippen LogP contribution in [0.25, 0.3) is 29.4 Å². The zero-order chi connectivity index (χ0) is 37.7. The Morgan fingerprint density at radius 2 is 1.15 bits per heavy atom. The highest BCUT2D eigenvalue weighted by Gasteiger charge is 2.17. The highest BCUT2D eigenvalue weighted by molar-refractivity contribution is 5.74. The van der Waals surface area contributed by atoms with Crippen molar-refractivity contribution in [2.24, 2.45) is 0 Å². The van der Waals surface area contributed by atoms with E-state index in [1.54, 1.807) is 0 Å². The van der Waals surface area contributed by atoms with Crippen molar-refractivity contribution in [1.82, 2.24) is 0 Å². The number of benzene rings is 5.